The SMILES string of the molecule is CC\C=C/C=C\C=C/C=C\C=C/CCCC(=O)OCC(COC(=O)CCCCCCCC/C=C\C/C=C\C/C=C\C/C=C\CC)OC(=O)CCCCCCCCCCCCCCCC. The van der Waals surface area contributed by atoms with E-state index in [9.17, 15) is 14.4 Å². The molecule has 0 amide bonds. The third-order valence-corrected chi connectivity index (χ3v) is 10.7. The summed E-state index contributed by atoms with van der Waals surface area (Å²) in [6.07, 6.45) is 69.4. The lowest BCUT2D eigenvalue weighted by molar-refractivity contribution is -0.167. The molecule has 0 N–H and O–H groups in total. The molecule has 0 aliphatic heterocycles. The Morgan fingerprint density at radius 1 is 0.344 bits per heavy atom. The summed E-state index contributed by atoms with van der Waals surface area (Å²) >= 11 is 0. The van der Waals surface area contributed by atoms with E-state index in [1.165, 1.54) is 83.5 Å². The van der Waals surface area contributed by atoms with Gasteiger partial charge in [0.2, 0.25) is 0 Å². The van der Waals surface area contributed by atoms with Crippen LogP contribution in [-0.4, -0.2) is 37.2 Å². The Labute approximate surface area is 393 Å². The fraction of sp³-hybridized carbons (Fsp3) is 0.638. The molecule has 64 heavy (non-hydrogen) atoms. The summed E-state index contributed by atoms with van der Waals surface area (Å²) in [6.45, 7) is 6.30. The van der Waals surface area contributed by atoms with E-state index in [2.05, 4.69) is 75.5 Å². The van der Waals surface area contributed by atoms with Gasteiger partial charge in [-0.05, 0) is 70.6 Å². The Bertz CT molecular complexity index is 1340. The lowest BCUT2D eigenvalue weighted by Crippen LogP contribution is -2.30. The third-order valence-electron chi connectivity index (χ3n) is 10.7. The van der Waals surface area contributed by atoms with E-state index in [0.717, 1.165) is 89.9 Å². The highest BCUT2D eigenvalue weighted by molar-refractivity contribution is 5.71. The van der Waals surface area contributed by atoms with Crippen molar-refractivity contribution in [2.75, 3.05) is 13.2 Å². The summed E-state index contributed by atoms with van der Waals surface area (Å²) in [5.74, 6) is -1.00. The topological polar surface area (TPSA) is 78.9 Å². The summed E-state index contributed by atoms with van der Waals surface area (Å²) in [5.41, 5.74) is 0. The first-order chi connectivity index (χ1) is 31.5. The van der Waals surface area contributed by atoms with E-state index in [-0.39, 0.29) is 37.5 Å². The van der Waals surface area contributed by atoms with Crippen molar-refractivity contribution in [2.24, 2.45) is 0 Å². The minimum Gasteiger partial charge on any atom is -0.462 e. The van der Waals surface area contributed by atoms with Gasteiger partial charge in [-0.1, -0.05) is 239 Å². The molecule has 362 valence electrons. The molecule has 0 aliphatic carbocycles. The van der Waals surface area contributed by atoms with Crippen LogP contribution in [0.3, 0.4) is 0 Å². The molecule has 0 saturated carbocycles. The zero-order valence-electron chi connectivity index (χ0n) is 41.3. The maximum absolute atomic E-state index is 12.8. The van der Waals surface area contributed by atoms with Crippen molar-refractivity contribution < 1.29 is 28.6 Å². The van der Waals surface area contributed by atoms with Gasteiger partial charge in [0.15, 0.2) is 6.10 Å². The molecule has 0 rings (SSSR count). The van der Waals surface area contributed by atoms with Crippen molar-refractivity contribution in [3.05, 3.63) is 109 Å². The average Bonchev–Trinajstić information content (AvgIpc) is 3.29. The Hall–Kier alpha value is -3.93. The fourth-order valence-electron chi connectivity index (χ4n) is 6.82. The zero-order chi connectivity index (χ0) is 46.5. The van der Waals surface area contributed by atoms with Crippen LogP contribution in [0, 0.1) is 0 Å². The second-order valence-corrected chi connectivity index (χ2v) is 16.8. The van der Waals surface area contributed by atoms with Crippen LogP contribution in [-0.2, 0) is 28.6 Å². The van der Waals surface area contributed by atoms with E-state index in [0.29, 0.717) is 19.3 Å². The number of ether oxygens (including phenoxy) is 3. The summed E-state index contributed by atoms with van der Waals surface area (Å²) in [4.78, 5) is 38.0. The van der Waals surface area contributed by atoms with E-state index in [1.54, 1.807) is 0 Å². The molecule has 0 aromatic carbocycles. The molecule has 0 heterocycles. The van der Waals surface area contributed by atoms with Crippen LogP contribution in [0.4, 0.5) is 0 Å². The molecular formula is C58H94O6. The number of rotatable bonds is 45. The highest BCUT2D eigenvalue weighted by Crippen LogP contribution is 2.15. The third kappa shape index (κ3) is 49.1. The molecule has 0 spiro atoms. The second-order valence-electron chi connectivity index (χ2n) is 16.8. The van der Waals surface area contributed by atoms with Crippen molar-refractivity contribution in [1.29, 1.82) is 0 Å². The van der Waals surface area contributed by atoms with Gasteiger partial charge in [-0.2, -0.15) is 0 Å². The molecule has 0 bridgehead atoms. The van der Waals surface area contributed by atoms with Crippen LogP contribution < -0.4 is 0 Å². The van der Waals surface area contributed by atoms with Crippen molar-refractivity contribution in [2.45, 2.75) is 226 Å². The molecule has 1 atom stereocenters. The van der Waals surface area contributed by atoms with Gasteiger partial charge in [-0.3, -0.25) is 14.4 Å². The number of allylic oxidation sites excluding steroid dienone is 18. The molecule has 0 radical (unpaired) electrons. The van der Waals surface area contributed by atoms with Gasteiger partial charge in [0.25, 0.3) is 0 Å². The largest absolute Gasteiger partial charge is 0.462 e. The summed E-state index contributed by atoms with van der Waals surface area (Å²) in [5, 5.41) is 0. The van der Waals surface area contributed by atoms with Gasteiger partial charge in [0.1, 0.15) is 13.2 Å². The number of hydrogen-bond donors (Lipinski definition) is 0. The van der Waals surface area contributed by atoms with Crippen LogP contribution in [0.1, 0.15) is 220 Å². The zero-order valence-corrected chi connectivity index (χ0v) is 41.3. The molecule has 6 heteroatoms. The highest BCUT2D eigenvalue weighted by Gasteiger charge is 2.19. The fourth-order valence-corrected chi connectivity index (χ4v) is 6.82. The van der Waals surface area contributed by atoms with Gasteiger partial charge in [-0.15, -0.1) is 0 Å². The molecule has 0 aromatic rings. The number of carbonyl (C=O) groups excluding carboxylic acids is 3. The van der Waals surface area contributed by atoms with Crippen LogP contribution in [0.2, 0.25) is 0 Å². The average molecular weight is 887 g/mol. The molecule has 0 aromatic heterocycles. The minimum absolute atomic E-state index is 0.108. The predicted octanol–water partition coefficient (Wildman–Crippen LogP) is 17.1. The lowest BCUT2D eigenvalue weighted by atomic mass is 10.0. The van der Waals surface area contributed by atoms with Crippen molar-refractivity contribution in [3.63, 3.8) is 0 Å². The molecule has 0 fully saturated rings. The van der Waals surface area contributed by atoms with Crippen molar-refractivity contribution >= 4 is 17.9 Å². The molecular weight excluding hydrogens is 793 g/mol. The number of carbonyl (C=O) groups is 3. The molecule has 0 saturated heterocycles. The first-order valence-corrected chi connectivity index (χ1v) is 26.0. The van der Waals surface area contributed by atoms with E-state index >= 15 is 0 Å². The first kappa shape index (κ1) is 60.1. The van der Waals surface area contributed by atoms with Crippen LogP contribution in [0.5, 0.6) is 0 Å². The maximum atomic E-state index is 12.8. The summed E-state index contributed by atoms with van der Waals surface area (Å²) in [6, 6.07) is 0. The molecule has 1 unspecified atom stereocenters. The van der Waals surface area contributed by atoms with Gasteiger partial charge in [0.05, 0.1) is 0 Å². The standard InChI is InChI=1S/C58H94O6/c1-4-7-10-13-16-19-22-25-27-28-29-30-31-34-36-39-42-45-48-51-57(60)63-54-55(53-62-56(59)50-47-44-41-38-35-32-24-21-18-15-12-9-6-3)64-58(61)52-49-46-43-40-37-33-26-23-20-17-14-11-8-5-2/h7,9-10,12,15-16,18-19,21,24-25,27,29-30,32,35,38,41,55H,4-6,8,11,13-14,17,20,22-23,26,28,31,33-34,36-37,39-40,42-54H2,1-3H3/b10-7-,12-9-,18-15-,19-16-,24-21-,27-25-,30-29-,35-32-,41-38-. The number of unbranched alkanes of at least 4 members (excludes halogenated alkanes) is 20. The Kier molecular flexibility index (Phi) is 48.5. The van der Waals surface area contributed by atoms with Gasteiger partial charge in [-0.25, -0.2) is 0 Å². The van der Waals surface area contributed by atoms with Crippen LogP contribution in [0.15, 0.2) is 109 Å². The Morgan fingerprint density at radius 2 is 0.703 bits per heavy atom. The minimum atomic E-state index is -0.812. The van der Waals surface area contributed by atoms with Gasteiger partial charge in [0, 0.05) is 19.3 Å². The second kappa shape index (κ2) is 51.7. The predicted molar refractivity (Wildman–Crippen MR) is 274 cm³/mol. The van der Waals surface area contributed by atoms with Crippen LogP contribution in [0.25, 0.3) is 0 Å². The summed E-state index contributed by atoms with van der Waals surface area (Å²) < 4.78 is 16.7. The normalized spacial score (nSPS) is 13.0. The van der Waals surface area contributed by atoms with E-state index < -0.39 is 6.10 Å². The van der Waals surface area contributed by atoms with Crippen LogP contribution >= 0.6 is 0 Å². The summed E-state index contributed by atoms with van der Waals surface area (Å²) in [7, 11) is 0. The Morgan fingerprint density at radius 3 is 1.19 bits per heavy atom. The maximum Gasteiger partial charge on any atom is 0.306 e. The molecule has 6 nitrogen and oxygen atoms in total. The number of esters is 3. The van der Waals surface area contributed by atoms with Crippen molar-refractivity contribution in [3.8, 4) is 0 Å². The number of hydrogen-bond acceptors (Lipinski definition) is 6. The Balaban J connectivity index is 4.48. The monoisotopic (exact) mass is 887 g/mol. The highest BCUT2D eigenvalue weighted by atomic mass is 16.6. The molecule has 0 aliphatic rings. The van der Waals surface area contributed by atoms with Gasteiger partial charge >= 0.3 is 17.9 Å². The van der Waals surface area contributed by atoms with Gasteiger partial charge < -0.3 is 14.2 Å². The van der Waals surface area contributed by atoms with Crippen molar-refractivity contribution in [1.82, 2.24) is 0 Å². The quantitative estimate of drug-likeness (QED) is 0.0199. The first-order valence-electron chi connectivity index (χ1n) is 26.0. The van der Waals surface area contributed by atoms with E-state index in [4.69, 9.17) is 14.2 Å². The smallest absolute Gasteiger partial charge is 0.306 e. The van der Waals surface area contributed by atoms with E-state index in [1.807, 2.05) is 54.7 Å². The lowest BCUT2D eigenvalue weighted by Gasteiger charge is -2.18.